The zero-order chi connectivity index (χ0) is 20.1. The molecule has 0 fully saturated rings. The van der Waals surface area contributed by atoms with E-state index in [-0.39, 0.29) is 17.2 Å². The maximum absolute atomic E-state index is 12.5. The highest BCUT2D eigenvalue weighted by Crippen LogP contribution is 2.23. The molecule has 2 N–H and O–H groups in total. The van der Waals surface area contributed by atoms with E-state index in [0.29, 0.717) is 22.1 Å². The van der Waals surface area contributed by atoms with E-state index in [1.165, 1.54) is 24.8 Å². The summed E-state index contributed by atoms with van der Waals surface area (Å²) >= 11 is 1.17. The number of aromatic nitrogens is 2. The molecule has 2 aromatic carbocycles. The lowest BCUT2D eigenvalue weighted by Crippen LogP contribution is -2.23. The number of nitrogens with zero attached hydrogens (tertiary/aromatic N) is 1. The second-order valence-electron chi connectivity index (χ2n) is 6.18. The number of benzene rings is 2. The number of aromatic amines is 1. The highest BCUT2D eigenvalue weighted by atomic mass is 32.2. The van der Waals surface area contributed by atoms with E-state index < -0.39 is 5.25 Å². The summed E-state index contributed by atoms with van der Waals surface area (Å²) in [6.07, 6.45) is 0. The molecule has 0 aliphatic rings. The fourth-order valence-electron chi connectivity index (χ4n) is 2.50. The lowest BCUT2D eigenvalue weighted by atomic mass is 10.1. The van der Waals surface area contributed by atoms with Gasteiger partial charge in [-0.05, 0) is 38.1 Å². The third-order valence-electron chi connectivity index (χ3n) is 4.01. The summed E-state index contributed by atoms with van der Waals surface area (Å²) in [6, 6.07) is 17.5. The van der Waals surface area contributed by atoms with Crippen LogP contribution in [0.25, 0.3) is 11.3 Å². The maximum atomic E-state index is 12.5. The number of rotatable bonds is 6. The number of ketones is 1. The van der Waals surface area contributed by atoms with E-state index in [2.05, 4.69) is 15.3 Å². The third-order valence-corrected chi connectivity index (χ3v) is 4.99. The Balaban J connectivity index is 1.71. The highest BCUT2D eigenvalue weighted by molar-refractivity contribution is 8.00. The first-order valence-electron chi connectivity index (χ1n) is 8.67. The van der Waals surface area contributed by atoms with Crippen molar-refractivity contribution < 1.29 is 9.59 Å². The van der Waals surface area contributed by atoms with E-state index >= 15 is 0 Å². The van der Waals surface area contributed by atoms with Crippen LogP contribution in [0.4, 0.5) is 5.69 Å². The number of carbonyl (C=O) groups excluding carboxylic acids is 2. The number of Topliss-reactive ketones (excluding diaryl/α,β-unsaturated/α-hetero) is 1. The topological polar surface area (TPSA) is 91.9 Å². The molecule has 0 bridgehead atoms. The molecule has 1 amide bonds. The minimum absolute atomic E-state index is 0.0323. The third kappa shape index (κ3) is 4.95. The average molecular weight is 393 g/mol. The highest BCUT2D eigenvalue weighted by Gasteiger charge is 2.17. The zero-order valence-corrected chi connectivity index (χ0v) is 16.2. The standard InChI is InChI=1S/C21H19N3O3S/c1-13(25)15-8-10-17(11-9-15)22-20(27)14(2)28-21-23-18(12-19(26)24-21)16-6-4-3-5-7-16/h3-12,14H,1-2H3,(H,22,27)(H,23,24,26)/t14-/m0/s1. The Bertz CT molecular complexity index is 1050. The summed E-state index contributed by atoms with van der Waals surface area (Å²) < 4.78 is 0. The van der Waals surface area contributed by atoms with Crippen LogP contribution in [-0.4, -0.2) is 26.9 Å². The van der Waals surface area contributed by atoms with Gasteiger partial charge in [-0.3, -0.25) is 14.4 Å². The molecule has 0 aliphatic carbocycles. The average Bonchev–Trinajstić information content (AvgIpc) is 2.68. The van der Waals surface area contributed by atoms with Gasteiger partial charge in [0.25, 0.3) is 5.56 Å². The monoisotopic (exact) mass is 393 g/mol. The van der Waals surface area contributed by atoms with Gasteiger partial charge >= 0.3 is 0 Å². The number of amides is 1. The van der Waals surface area contributed by atoms with Gasteiger partial charge < -0.3 is 10.3 Å². The Labute approximate surface area is 166 Å². The molecule has 0 saturated heterocycles. The lowest BCUT2D eigenvalue weighted by Gasteiger charge is -2.12. The molecule has 0 unspecified atom stereocenters. The lowest BCUT2D eigenvalue weighted by molar-refractivity contribution is -0.115. The molecule has 3 rings (SSSR count). The normalized spacial score (nSPS) is 11.6. The van der Waals surface area contributed by atoms with Gasteiger partial charge in [0, 0.05) is 22.9 Å². The van der Waals surface area contributed by atoms with Crippen LogP contribution in [0.15, 0.2) is 70.6 Å². The van der Waals surface area contributed by atoms with E-state index in [1.807, 2.05) is 30.3 Å². The first kappa shape index (κ1) is 19.6. The largest absolute Gasteiger partial charge is 0.325 e. The summed E-state index contributed by atoms with van der Waals surface area (Å²) in [5.74, 6) is -0.261. The second kappa shape index (κ2) is 8.67. The number of nitrogens with one attached hydrogen (secondary N) is 2. The van der Waals surface area contributed by atoms with Gasteiger partial charge in [-0.2, -0.15) is 0 Å². The number of anilines is 1. The van der Waals surface area contributed by atoms with Crippen LogP contribution < -0.4 is 10.9 Å². The minimum Gasteiger partial charge on any atom is -0.325 e. The van der Waals surface area contributed by atoms with Gasteiger partial charge in [0.2, 0.25) is 5.91 Å². The molecule has 0 radical (unpaired) electrons. The van der Waals surface area contributed by atoms with Crippen LogP contribution in [0.3, 0.4) is 0 Å². The van der Waals surface area contributed by atoms with Crippen molar-refractivity contribution in [3.05, 3.63) is 76.6 Å². The van der Waals surface area contributed by atoms with Gasteiger partial charge in [-0.1, -0.05) is 42.1 Å². The van der Waals surface area contributed by atoms with Gasteiger partial charge in [0.05, 0.1) is 10.9 Å². The molecule has 0 aliphatic heterocycles. The number of hydrogen-bond donors (Lipinski definition) is 2. The first-order valence-corrected chi connectivity index (χ1v) is 9.55. The van der Waals surface area contributed by atoms with Gasteiger partial charge in [-0.15, -0.1) is 0 Å². The SMILES string of the molecule is CC(=O)c1ccc(NC(=O)[C@H](C)Sc2nc(-c3ccccc3)cc(=O)[nH]2)cc1. The smallest absolute Gasteiger partial charge is 0.252 e. The molecule has 3 aromatic rings. The molecule has 6 nitrogen and oxygen atoms in total. The zero-order valence-electron chi connectivity index (χ0n) is 15.4. The molecule has 0 spiro atoms. The van der Waals surface area contributed by atoms with Crippen molar-refractivity contribution in [1.29, 1.82) is 0 Å². The Morgan fingerprint density at radius 1 is 1.07 bits per heavy atom. The number of hydrogen-bond acceptors (Lipinski definition) is 5. The number of thioether (sulfide) groups is 1. The van der Waals surface area contributed by atoms with Crippen LogP contribution >= 0.6 is 11.8 Å². The molecule has 1 heterocycles. The Morgan fingerprint density at radius 2 is 1.75 bits per heavy atom. The van der Waals surface area contributed by atoms with Crippen molar-refractivity contribution in [2.45, 2.75) is 24.3 Å². The Morgan fingerprint density at radius 3 is 2.39 bits per heavy atom. The van der Waals surface area contributed by atoms with Crippen molar-refractivity contribution in [3.8, 4) is 11.3 Å². The fraction of sp³-hybridized carbons (Fsp3) is 0.143. The van der Waals surface area contributed by atoms with E-state index in [9.17, 15) is 14.4 Å². The van der Waals surface area contributed by atoms with Crippen molar-refractivity contribution in [2.24, 2.45) is 0 Å². The van der Waals surface area contributed by atoms with Crippen molar-refractivity contribution in [2.75, 3.05) is 5.32 Å². The second-order valence-corrected chi connectivity index (χ2v) is 7.51. The molecule has 1 atom stereocenters. The van der Waals surface area contributed by atoms with Crippen LogP contribution in [-0.2, 0) is 4.79 Å². The first-order chi connectivity index (χ1) is 13.4. The van der Waals surface area contributed by atoms with Crippen molar-refractivity contribution in [3.63, 3.8) is 0 Å². The molecule has 142 valence electrons. The summed E-state index contributed by atoms with van der Waals surface area (Å²) in [4.78, 5) is 42.9. The van der Waals surface area contributed by atoms with E-state index in [0.717, 1.165) is 5.56 Å². The van der Waals surface area contributed by atoms with Crippen LogP contribution in [0.5, 0.6) is 0 Å². The molecule has 7 heteroatoms. The molecular formula is C21H19N3O3S. The van der Waals surface area contributed by atoms with Gasteiger partial charge in [0.15, 0.2) is 10.9 Å². The minimum atomic E-state index is -0.485. The quantitative estimate of drug-likeness (QED) is 0.378. The van der Waals surface area contributed by atoms with E-state index in [4.69, 9.17) is 0 Å². The number of H-pyrrole nitrogens is 1. The van der Waals surface area contributed by atoms with Gasteiger partial charge in [-0.25, -0.2) is 4.98 Å². The van der Waals surface area contributed by atoms with Crippen molar-refractivity contribution >= 4 is 29.1 Å². The molecule has 1 aromatic heterocycles. The summed E-state index contributed by atoms with van der Waals surface area (Å²) in [5.41, 5.74) is 2.29. The van der Waals surface area contributed by atoms with Crippen LogP contribution in [0, 0.1) is 0 Å². The van der Waals surface area contributed by atoms with Gasteiger partial charge in [0.1, 0.15) is 0 Å². The summed E-state index contributed by atoms with van der Waals surface area (Å²) in [7, 11) is 0. The van der Waals surface area contributed by atoms with Crippen molar-refractivity contribution in [1.82, 2.24) is 9.97 Å². The molecule has 28 heavy (non-hydrogen) atoms. The molecular weight excluding hydrogens is 374 g/mol. The number of carbonyl (C=O) groups is 2. The Hall–Kier alpha value is -3.19. The van der Waals surface area contributed by atoms with E-state index in [1.54, 1.807) is 31.2 Å². The summed E-state index contributed by atoms with van der Waals surface area (Å²) in [5, 5.41) is 2.69. The maximum Gasteiger partial charge on any atom is 0.252 e. The summed E-state index contributed by atoms with van der Waals surface area (Å²) in [6.45, 7) is 3.22. The Kier molecular flexibility index (Phi) is 6.06. The van der Waals surface area contributed by atoms with Crippen LogP contribution in [0.1, 0.15) is 24.2 Å². The fourth-order valence-corrected chi connectivity index (χ4v) is 3.31. The molecule has 0 saturated carbocycles. The predicted molar refractivity (Wildman–Crippen MR) is 111 cm³/mol. The van der Waals surface area contributed by atoms with Crippen LogP contribution in [0.2, 0.25) is 0 Å². The predicted octanol–water partition coefficient (Wildman–Crippen LogP) is 3.76.